The number of carbonyl (C=O) groups excluding carboxylic acids is 3. The molecule has 2 N–H and O–H groups in total. The van der Waals surface area contributed by atoms with E-state index in [2.05, 4.69) is 16.4 Å². The van der Waals surface area contributed by atoms with Crippen molar-refractivity contribution in [2.75, 3.05) is 34.7 Å². The minimum atomic E-state index is -1.15. The number of aromatic amines is 1. The first-order valence-corrected chi connectivity index (χ1v) is 17.9. The van der Waals surface area contributed by atoms with Crippen LogP contribution in [0.1, 0.15) is 75.0 Å². The number of likely N-dealkylation sites (tertiary alicyclic amines) is 1. The molecule has 0 spiro atoms. The molecule has 1 saturated heterocycles. The molecule has 2 heterocycles. The Morgan fingerprint density at radius 1 is 0.962 bits per heavy atom. The molecule has 3 aromatic carbocycles. The standard InChI is InChI=1S/C40H43FN8O4/c1-23(43-22-35(50)48-31(21-42)18-28-19-34(28)48)20-40(38-44-39(53)49(45-38)30-12-10-29(41)11-13-30)32-14-8-26(36(51)46(2)3)16-24(32)6-7-25-17-27(9-15-33(25)40)37(52)47(4)5/h8-17,23,28,31,34,43H,6-7,18-20,22H2,1-5H3,(H,44,45,53)/t23-,28-,31+,34+/m1/s1. The van der Waals surface area contributed by atoms with E-state index in [1.807, 2.05) is 31.2 Å². The Morgan fingerprint density at radius 2 is 1.55 bits per heavy atom. The topological polar surface area (TPSA) is 147 Å². The smallest absolute Gasteiger partial charge is 0.345 e. The van der Waals surface area contributed by atoms with Crippen LogP contribution in [0.3, 0.4) is 0 Å². The molecule has 1 saturated carbocycles. The number of hydrogen-bond donors (Lipinski definition) is 2. The van der Waals surface area contributed by atoms with Gasteiger partial charge in [-0.05, 0) is 116 Å². The van der Waals surface area contributed by atoms with Gasteiger partial charge in [0.05, 0.1) is 23.7 Å². The van der Waals surface area contributed by atoms with E-state index in [1.165, 1.54) is 38.7 Å². The van der Waals surface area contributed by atoms with Crippen LogP contribution in [-0.2, 0) is 23.1 Å². The van der Waals surface area contributed by atoms with Gasteiger partial charge in [0, 0.05) is 51.4 Å². The maximum Gasteiger partial charge on any atom is 0.348 e. The van der Waals surface area contributed by atoms with Crippen molar-refractivity contribution in [3.8, 4) is 11.8 Å². The van der Waals surface area contributed by atoms with E-state index in [1.54, 1.807) is 45.2 Å². The molecule has 53 heavy (non-hydrogen) atoms. The Kier molecular flexibility index (Phi) is 9.28. The molecule has 0 radical (unpaired) electrons. The molecule has 4 atom stereocenters. The fourth-order valence-electron chi connectivity index (χ4n) is 8.29. The normalized spacial score (nSPS) is 19.9. The number of H-pyrrole nitrogens is 1. The molecular formula is C40H43FN8O4. The number of nitrogens with one attached hydrogen (secondary N) is 2. The van der Waals surface area contributed by atoms with Crippen LogP contribution in [0.5, 0.6) is 0 Å². The predicted molar refractivity (Wildman–Crippen MR) is 195 cm³/mol. The molecule has 3 aliphatic rings. The van der Waals surface area contributed by atoms with Gasteiger partial charge in [-0.25, -0.2) is 9.18 Å². The second kappa shape index (κ2) is 13.7. The van der Waals surface area contributed by atoms with Crippen molar-refractivity contribution in [1.29, 1.82) is 5.26 Å². The van der Waals surface area contributed by atoms with E-state index >= 15 is 0 Å². The fraction of sp³-hybridized carbons (Fsp3) is 0.400. The van der Waals surface area contributed by atoms with Crippen LogP contribution in [0.4, 0.5) is 4.39 Å². The van der Waals surface area contributed by atoms with E-state index in [0.717, 1.165) is 28.7 Å². The van der Waals surface area contributed by atoms with Gasteiger partial charge in [0.25, 0.3) is 11.8 Å². The molecule has 2 aliphatic carbocycles. The lowest BCUT2D eigenvalue weighted by molar-refractivity contribution is -0.131. The van der Waals surface area contributed by atoms with Gasteiger partial charge < -0.3 is 20.0 Å². The summed E-state index contributed by atoms with van der Waals surface area (Å²) in [5.74, 6) is -0.177. The summed E-state index contributed by atoms with van der Waals surface area (Å²) in [6.45, 7) is 1.99. The van der Waals surface area contributed by atoms with Gasteiger partial charge in [-0.15, -0.1) is 5.10 Å². The van der Waals surface area contributed by atoms with E-state index in [-0.39, 0.29) is 36.3 Å². The van der Waals surface area contributed by atoms with Gasteiger partial charge >= 0.3 is 5.69 Å². The second-order valence-electron chi connectivity index (χ2n) is 14.9. The lowest BCUT2D eigenvalue weighted by Crippen LogP contribution is -2.46. The highest BCUT2D eigenvalue weighted by Gasteiger charge is 2.54. The third kappa shape index (κ3) is 6.41. The molecule has 0 unspecified atom stereocenters. The number of halogens is 1. The summed E-state index contributed by atoms with van der Waals surface area (Å²) in [6.07, 6.45) is 3.02. The average molecular weight is 719 g/mol. The number of piperidine rings is 1. The van der Waals surface area contributed by atoms with Crippen molar-refractivity contribution in [3.05, 3.63) is 116 Å². The Bertz CT molecular complexity index is 2130. The minimum Gasteiger partial charge on any atom is -0.345 e. The van der Waals surface area contributed by atoms with Crippen LogP contribution < -0.4 is 11.0 Å². The predicted octanol–water partition coefficient (Wildman–Crippen LogP) is 3.42. The van der Waals surface area contributed by atoms with E-state index in [0.29, 0.717) is 54.2 Å². The summed E-state index contributed by atoms with van der Waals surface area (Å²) in [4.78, 5) is 61.5. The molecule has 274 valence electrons. The van der Waals surface area contributed by atoms with Crippen LogP contribution in [-0.4, -0.2) is 100 Å². The van der Waals surface area contributed by atoms with Gasteiger partial charge in [-0.3, -0.25) is 19.4 Å². The number of aromatic nitrogens is 3. The van der Waals surface area contributed by atoms with Gasteiger partial charge in [0.15, 0.2) is 0 Å². The van der Waals surface area contributed by atoms with E-state index in [4.69, 9.17) is 5.10 Å². The van der Waals surface area contributed by atoms with Crippen LogP contribution >= 0.6 is 0 Å². The molecule has 12 nitrogen and oxygen atoms in total. The van der Waals surface area contributed by atoms with Gasteiger partial charge in [-0.1, -0.05) is 12.1 Å². The van der Waals surface area contributed by atoms with Crippen molar-refractivity contribution in [3.63, 3.8) is 0 Å². The number of benzene rings is 3. The molecule has 13 heteroatoms. The summed E-state index contributed by atoms with van der Waals surface area (Å²) in [6, 6.07) is 18.3. The molecule has 4 aromatic rings. The van der Waals surface area contributed by atoms with Crippen molar-refractivity contribution >= 4 is 17.7 Å². The quantitative estimate of drug-likeness (QED) is 0.270. The monoisotopic (exact) mass is 718 g/mol. The summed E-state index contributed by atoms with van der Waals surface area (Å²) in [5.41, 5.74) is 3.12. The van der Waals surface area contributed by atoms with Gasteiger partial charge in [0.2, 0.25) is 5.91 Å². The van der Waals surface area contributed by atoms with Gasteiger partial charge in [0.1, 0.15) is 17.7 Å². The number of nitriles is 1. The third-order valence-electron chi connectivity index (χ3n) is 10.9. The summed E-state index contributed by atoms with van der Waals surface area (Å²) < 4.78 is 15.1. The molecule has 1 aliphatic heterocycles. The Labute approximate surface area is 307 Å². The first kappa shape index (κ1) is 35.8. The zero-order chi connectivity index (χ0) is 37.8. The lowest BCUT2D eigenvalue weighted by atomic mass is 9.67. The zero-order valence-corrected chi connectivity index (χ0v) is 30.5. The van der Waals surface area contributed by atoms with E-state index < -0.39 is 23.0 Å². The average Bonchev–Trinajstić information content (AvgIpc) is 3.68. The molecule has 0 bridgehead atoms. The number of amides is 3. The Morgan fingerprint density at radius 3 is 2.09 bits per heavy atom. The van der Waals surface area contributed by atoms with Crippen molar-refractivity contribution < 1.29 is 18.8 Å². The van der Waals surface area contributed by atoms with Gasteiger partial charge in [-0.2, -0.15) is 9.94 Å². The largest absolute Gasteiger partial charge is 0.348 e. The maximum atomic E-state index is 13.9. The van der Waals surface area contributed by atoms with Crippen LogP contribution in [0.2, 0.25) is 0 Å². The molecule has 2 fully saturated rings. The summed E-state index contributed by atoms with van der Waals surface area (Å²) >= 11 is 0. The maximum absolute atomic E-state index is 13.9. The summed E-state index contributed by atoms with van der Waals surface area (Å²) in [7, 11) is 6.79. The minimum absolute atomic E-state index is 0.0193. The van der Waals surface area contributed by atoms with Crippen LogP contribution in [0, 0.1) is 23.1 Å². The number of nitrogens with zero attached hydrogens (tertiary/aromatic N) is 6. The zero-order valence-electron chi connectivity index (χ0n) is 30.5. The van der Waals surface area contributed by atoms with Crippen LogP contribution in [0.15, 0.2) is 65.5 Å². The number of aryl methyl sites for hydroxylation is 2. The Balaban J connectivity index is 1.39. The first-order valence-electron chi connectivity index (χ1n) is 17.9. The SMILES string of the molecule is C[C@H](CC1(c2nn(-c3ccc(F)cc3)c(=O)[nH]2)c2ccc(C(=O)N(C)C)cc2CCc2cc(C(=O)N(C)C)ccc21)NCC(=O)N1[C@H](C#N)C[C@@H]2C[C@@H]21. The molecule has 7 rings (SSSR count). The highest BCUT2D eigenvalue weighted by molar-refractivity contribution is 5.95. The van der Waals surface area contributed by atoms with Crippen molar-refractivity contribution in [2.24, 2.45) is 5.92 Å². The highest BCUT2D eigenvalue weighted by Crippen LogP contribution is 2.48. The van der Waals surface area contributed by atoms with E-state index in [9.17, 15) is 28.8 Å². The summed E-state index contributed by atoms with van der Waals surface area (Å²) in [5, 5.41) is 18.0. The number of rotatable bonds is 9. The lowest BCUT2D eigenvalue weighted by Gasteiger charge is -2.37. The number of hydrogen-bond acceptors (Lipinski definition) is 7. The highest BCUT2D eigenvalue weighted by atomic mass is 19.1. The van der Waals surface area contributed by atoms with Crippen molar-refractivity contribution in [1.82, 2.24) is 34.8 Å². The first-order chi connectivity index (χ1) is 25.3. The fourth-order valence-corrected chi connectivity index (χ4v) is 8.29. The number of carbonyl (C=O) groups is 3. The molecule has 3 amide bonds. The van der Waals surface area contributed by atoms with Crippen LogP contribution in [0.25, 0.3) is 5.69 Å². The molecular weight excluding hydrogens is 675 g/mol. The van der Waals surface area contributed by atoms with Crippen molar-refractivity contribution in [2.45, 2.75) is 62.6 Å². The number of fused-ring (bicyclic) bond motifs is 3. The molecule has 1 aromatic heterocycles. The second-order valence-corrected chi connectivity index (χ2v) is 14.9. The Hall–Kier alpha value is -5.61. The third-order valence-corrected chi connectivity index (χ3v) is 10.9.